The van der Waals surface area contributed by atoms with Gasteiger partial charge in [-0.3, -0.25) is 0 Å². The lowest BCUT2D eigenvalue weighted by molar-refractivity contribution is 0.649. The topological polar surface area (TPSA) is 4.93 Å². The Labute approximate surface area is 171 Å². The summed E-state index contributed by atoms with van der Waals surface area (Å²) < 4.78 is 2.58. The van der Waals surface area contributed by atoms with Gasteiger partial charge in [-0.1, -0.05) is 97.3 Å². The Morgan fingerprint density at radius 1 is 0.793 bits per heavy atom. The molecular weight excluding hydrogens is 349 g/mol. The third kappa shape index (κ3) is 2.35. The molecular formula is C27H22BN. The predicted molar refractivity (Wildman–Crippen MR) is 129 cm³/mol. The molecule has 0 radical (unpaired) electrons. The van der Waals surface area contributed by atoms with Gasteiger partial charge in [0, 0.05) is 21.7 Å². The Morgan fingerprint density at radius 2 is 1.52 bits per heavy atom. The van der Waals surface area contributed by atoms with Crippen LogP contribution in [0.1, 0.15) is 12.5 Å². The van der Waals surface area contributed by atoms with E-state index in [1.165, 1.54) is 48.8 Å². The van der Waals surface area contributed by atoms with Crippen molar-refractivity contribution < 1.29 is 0 Å². The highest BCUT2D eigenvalue weighted by Gasteiger charge is 2.21. The molecule has 0 spiro atoms. The van der Waals surface area contributed by atoms with Gasteiger partial charge in [0.25, 0.3) is 0 Å². The van der Waals surface area contributed by atoms with Gasteiger partial charge >= 0.3 is 0 Å². The monoisotopic (exact) mass is 371 g/mol. The molecule has 0 bridgehead atoms. The summed E-state index contributed by atoms with van der Waals surface area (Å²) >= 11 is 0. The maximum absolute atomic E-state index is 2.58. The molecule has 1 aromatic heterocycles. The summed E-state index contributed by atoms with van der Waals surface area (Å²) in [5.41, 5.74) is 4.10. The third-order valence-electron chi connectivity index (χ3n) is 6.43. The maximum Gasteiger partial charge on any atom is 0.154 e. The van der Waals surface area contributed by atoms with Gasteiger partial charge in [0.1, 0.15) is 0 Å². The van der Waals surface area contributed by atoms with Crippen molar-refractivity contribution in [1.82, 2.24) is 4.57 Å². The molecule has 0 amide bonds. The van der Waals surface area contributed by atoms with Crippen LogP contribution < -0.4 is 5.46 Å². The summed E-state index contributed by atoms with van der Waals surface area (Å²) in [6.45, 7) is 2.24. The van der Waals surface area contributed by atoms with E-state index in [1.54, 1.807) is 0 Å². The zero-order valence-electron chi connectivity index (χ0n) is 16.6. The van der Waals surface area contributed by atoms with E-state index in [1.807, 2.05) is 0 Å². The minimum atomic E-state index is 0.344. The van der Waals surface area contributed by atoms with Crippen molar-refractivity contribution in [3.05, 3.63) is 91.0 Å². The fourth-order valence-corrected chi connectivity index (χ4v) is 5.08. The highest BCUT2D eigenvalue weighted by Crippen LogP contribution is 2.42. The number of hydrogen-bond acceptors (Lipinski definition) is 0. The zero-order chi connectivity index (χ0) is 19.4. The van der Waals surface area contributed by atoms with Crippen molar-refractivity contribution in [2.45, 2.75) is 19.3 Å². The first kappa shape index (κ1) is 16.7. The maximum atomic E-state index is 2.58. The van der Waals surface area contributed by atoms with E-state index in [-0.39, 0.29) is 0 Å². The first-order valence-electron chi connectivity index (χ1n) is 10.6. The molecule has 1 aliphatic carbocycles. The second kappa shape index (κ2) is 6.38. The number of rotatable bonds is 2. The quantitative estimate of drug-likeness (QED) is 0.255. The molecule has 138 valence electrons. The molecule has 1 aliphatic rings. The van der Waals surface area contributed by atoms with E-state index >= 15 is 0 Å². The third-order valence-corrected chi connectivity index (χ3v) is 6.43. The van der Waals surface area contributed by atoms with E-state index in [0.717, 1.165) is 13.7 Å². The number of fused-ring (bicyclic) bond motifs is 8. The van der Waals surface area contributed by atoms with Crippen molar-refractivity contribution in [2.24, 2.45) is 0 Å². The molecule has 29 heavy (non-hydrogen) atoms. The van der Waals surface area contributed by atoms with Gasteiger partial charge in [0.15, 0.2) is 7.28 Å². The normalized spacial score (nSPS) is 16.4. The number of allylic oxidation sites excluding steroid dienone is 4. The van der Waals surface area contributed by atoms with E-state index in [0.29, 0.717) is 6.04 Å². The van der Waals surface area contributed by atoms with Crippen LogP contribution in [0.2, 0.25) is 6.82 Å². The van der Waals surface area contributed by atoms with E-state index < -0.39 is 0 Å². The molecule has 0 saturated heterocycles. The summed E-state index contributed by atoms with van der Waals surface area (Å²) in [5, 5.41) is 8.16. The molecule has 0 aliphatic heterocycles. The van der Waals surface area contributed by atoms with Crippen LogP contribution in [0.3, 0.4) is 0 Å². The second-order valence-corrected chi connectivity index (χ2v) is 8.01. The SMILES string of the molecule is CBc1ccc2c(c1)c1c3ccccc3c3ccccc3c1n2C1C=CC=CC1. The molecule has 1 heterocycles. The number of benzene rings is 4. The van der Waals surface area contributed by atoms with Crippen molar-refractivity contribution in [3.63, 3.8) is 0 Å². The minimum Gasteiger partial charge on any atom is -0.333 e. The molecule has 2 heteroatoms. The molecule has 1 nitrogen and oxygen atoms in total. The fourth-order valence-electron chi connectivity index (χ4n) is 5.08. The van der Waals surface area contributed by atoms with Crippen molar-refractivity contribution in [3.8, 4) is 0 Å². The van der Waals surface area contributed by atoms with Gasteiger partial charge in [-0.2, -0.15) is 0 Å². The van der Waals surface area contributed by atoms with Crippen LogP contribution in [-0.4, -0.2) is 11.8 Å². The van der Waals surface area contributed by atoms with Crippen LogP contribution in [0.5, 0.6) is 0 Å². The molecule has 4 aromatic carbocycles. The second-order valence-electron chi connectivity index (χ2n) is 8.01. The Morgan fingerprint density at radius 3 is 2.24 bits per heavy atom. The van der Waals surface area contributed by atoms with Crippen LogP contribution in [0, 0.1) is 0 Å². The van der Waals surface area contributed by atoms with Crippen molar-refractivity contribution in [2.75, 3.05) is 0 Å². The van der Waals surface area contributed by atoms with Gasteiger partial charge in [0.2, 0.25) is 0 Å². The van der Waals surface area contributed by atoms with Gasteiger partial charge in [-0.05, 0) is 28.6 Å². The standard InChI is InChI=1S/C27H22BN/c1-28-18-15-16-25-24(17-18)26-22-13-7-5-11-20(22)21-12-6-8-14-23(21)27(26)29(25)19-9-3-2-4-10-19/h2-9,11-17,19,28H,10H2,1H3. The van der Waals surface area contributed by atoms with E-state index in [9.17, 15) is 0 Å². The highest BCUT2D eigenvalue weighted by molar-refractivity contribution is 6.52. The molecule has 0 N–H and O–H groups in total. The summed E-state index contributed by atoms with van der Waals surface area (Å²) in [6.07, 6.45) is 10.0. The van der Waals surface area contributed by atoms with Crippen LogP contribution in [0.25, 0.3) is 43.4 Å². The lowest BCUT2D eigenvalue weighted by Crippen LogP contribution is -2.10. The van der Waals surface area contributed by atoms with Gasteiger partial charge in [0.05, 0.1) is 11.6 Å². The number of nitrogens with zero attached hydrogens (tertiary/aromatic N) is 1. The minimum absolute atomic E-state index is 0.344. The lowest BCUT2D eigenvalue weighted by atomic mass is 9.73. The Bertz CT molecular complexity index is 1470. The van der Waals surface area contributed by atoms with Crippen LogP contribution >= 0.6 is 0 Å². The van der Waals surface area contributed by atoms with Gasteiger partial charge in [-0.15, -0.1) is 0 Å². The average Bonchev–Trinajstić information content (AvgIpc) is 3.14. The largest absolute Gasteiger partial charge is 0.333 e. The first-order valence-corrected chi connectivity index (χ1v) is 10.6. The van der Waals surface area contributed by atoms with E-state index in [2.05, 4.69) is 102 Å². The zero-order valence-corrected chi connectivity index (χ0v) is 16.6. The smallest absolute Gasteiger partial charge is 0.154 e. The molecule has 0 fully saturated rings. The molecule has 0 saturated carbocycles. The summed E-state index contributed by atoms with van der Waals surface area (Å²) in [5.74, 6) is 0. The summed E-state index contributed by atoms with van der Waals surface area (Å²) in [4.78, 5) is 0. The van der Waals surface area contributed by atoms with Gasteiger partial charge < -0.3 is 4.57 Å². The highest BCUT2D eigenvalue weighted by atomic mass is 15.0. The Balaban J connectivity index is 1.92. The molecule has 1 unspecified atom stereocenters. The van der Waals surface area contributed by atoms with Crippen LogP contribution in [-0.2, 0) is 0 Å². The molecule has 1 atom stereocenters. The van der Waals surface area contributed by atoms with Crippen molar-refractivity contribution >= 4 is 56.1 Å². The predicted octanol–water partition coefficient (Wildman–Crippen LogP) is 6.27. The van der Waals surface area contributed by atoms with Crippen LogP contribution in [0.4, 0.5) is 0 Å². The van der Waals surface area contributed by atoms with Gasteiger partial charge in [-0.25, -0.2) is 0 Å². The average molecular weight is 371 g/mol. The fraction of sp³-hybridized carbons (Fsp3) is 0.111. The summed E-state index contributed by atoms with van der Waals surface area (Å²) in [6, 6.07) is 25.2. The van der Waals surface area contributed by atoms with Crippen LogP contribution in [0.15, 0.2) is 91.0 Å². The number of hydrogen-bond donors (Lipinski definition) is 0. The van der Waals surface area contributed by atoms with Crippen molar-refractivity contribution in [1.29, 1.82) is 0 Å². The first-order chi connectivity index (χ1) is 14.4. The lowest BCUT2D eigenvalue weighted by Gasteiger charge is -2.20. The molecule has 5 aromatic rings. The Hall–Kier alpha value is -3.26. The summed E-state index contributed by atoms with van der Waals surface area (Å²) in [7, 11) is 1.06. The molecule has 6 rings (SSSR count). The van der Waals surface area contributed by atoms with E-state index in [4.69, 9.17) is 0 Å². The number of aromatic nitrogens is 1. The Kier molecular flexibility index (Phi) is 3.67.